The lowest BCUT2D eigenvalue weighted by Gasteiger charge is -2.15. The van der Waals surface area contributed by atoms with E-state index < -0.39 is 0 Å². The van der Waals surface area contributed by atoms with E-state index in [0.717, 1.165) is 11.5 Å². The van der Waals surface area contributed by atoms with Gasteiger partial charge in [0.1, 0.15) is 0 Å². The highest BCUT2D eigenvalue weighted by Gasteiger charge is 2.12. The molecular weight excluding hydrogens is 164 g/mol. The Morgan fingerprint density at radius 1 is 1.70 bits per heavy atom. The molecule has 0 aromatic heterocycles. The van der Waals surface area contributed by atoms with E-state index >= 15 is 0 Å². The van der Waals surface area contributed by atoms with Crippen molar-refractivity contribution in [3.05, 3.63) is 21.4 Å². The van der Waals surface area contributed by atoms with Crippen LogP contribution in [0, 0.1) is 5.92 Å². The van der Waals surface area contributed by atoms with Gasteiger partial charge < -0.3 is 0 Å². The van der Waals surface area contributed by atoms with Crippen molar-refractivity contribution in [2.45, 2.75) is 20.3 Å². The van der Waals surface area contributed by atoms with E-state index in [2.05, 4.69) is 25.3 Å². The molecular formula is C8H11ClS. The second-order valence-corrected chi connectivity index (χ2v) is 3.89. The summed E-state index contributed by atoms with van der Waals surface area (Å²) in [4.78, 5) is 1.25. The van der Waals surface area contributed by atoms with Gasteiger partial charge >= 0.3 is 0 Å². The fourth-order valence-corrected chi connectivity index (χ4v) is 2.05. The SMILES string of the molecule is CCC1C=CSC(C)=C1Cl. The molecule has 1 aliphatic rings. The maximum Gasteiger partial charge on any atom is 0.0345 e. The highest BCUT2D eigenvalue weighted by atomic mass is 35.5. The Morgan fingerprint density at radius 3 is 2.90 bits per heavy atom. The molecule has 0 aromatic rings. The molecule has 10 heavy (non-hydrogen) atoms. The van der Waals surface area contributed by atoms with Crippen LogP contribution in [0.1, 0.15) is 20.3 Å². The van der Waals surface area contributed by atoms with Crippen LogP contribution in [0.2, 0.25) is 0 Å². The van der Waals surface area contributed by atoms with Gasteiger partial charge in [-0.2, -0.15) is 0 Å². The molecule has 0 aromatic carbocycles. The Bertz CT molecular complexity index is 182. The fraction of sp³-hybridized carbons (Fsp3) is 0.500. The Hall–Kier alpha value is 0.120. The van der Waals surface area contributed by atoms with Crippen LogP contribution >= 0.6 is 23.4 Å². The van der Waals surface area contributed by atoms with E-state index in [1.165, 1.54) is 4.91 Å². The monoisotopic (exact) mass is 174 g/mol. The normalized spacial score (nSPS) is 25.7. The highest BCUT2D eigenvalue weighted by molar-refractivity contribution is 8.05. The molecule has 0 nitrogen and oxygen atoms in total. The summed E-state index contributed by atoms with van der Waals surface area (Å²) in [5, 5.41) is 3.14. The van der Waals surface area contributed by atoms with E-state index in [9.17, 15) is 0 Å². The molecule has 0 saturated carbocycles. The molecule has 1 atom stereocenters. The zero-order chi connectivity index (χ0) is 7.56. The van der Waals surface area contributed by atoms with Gasteiger partial charge in [0, 0.05) is 15.9 Å². The van der Waals surface area contributed by atoms with Crippen LogP contribution in [0.4, 0.5) is 0 Å². The lowest BCUT2D eigenvalue weighted by Crippen LogP contribution is -1.98. The molecule has 0 amide bonds. The van der Waals surface area contributed by atoms with Crippen LogP contribution in [0.15, 0.2) is 21.4 Å². The van der Waals surface area contributed by atoms with E-state index in [1.807, 2.05) is 0 Å². The van der Waals surface area contributed by atoms with Crippen LogP contribution < -0.4 is 0 Å². The van der Waals surface area contributed by atoms with E-state index in [-0.39, 0.29) is 0 Å². The van der Waals surface area contributed by atoms with Crippen LogP contribution in [0.3, 0.4) is 0 Å². The molecule has 2 heteroatoms. The Morgan fingerprint density at radius 2 is 2.40 bits per heavy atom. The number of hydrogen-bond acceptors (Lipinski definition) is 1. The molecule has 0 bridgehead atoms. The first kappa shape index (κ1) is 8.22. The first-order chi connectivity index (χ1) is 4.75. The van der Waals surface area contributed by atoms with Gasteiger partial charge in [-0.3, -0.25) is 0 Å². The Balaban J connectivity index is 2.75. The average Bonchev–Trinajstić information content (AvgIpc) is 1.95. The van der Waals surface area contributed by atoms with Gasteiger partial charge in [-0.1, -0.05) is 24.6 Å². The predicted octanol–water partition coefficient (Wildman–Crippen LogP) is 3.74. The van der Waals surface area contributed by atoms with Crippen LogP contribution in [-0.4, -0.2) is 0 Å². The number of hydrogen-bond donors (Lipinski definition) is 0. The minimum atomic E-state index is 0.475. The molecule has 1 heterocycles. The summed E-state index contributed by atoms with van der Waals surface area (Å²) in [7, 11) is 0. The molecule has 1 rings (SSSR count). The molecule has 0 aliphatic carbocycles. The topological polar surface area (TPSA) is 0 Å². The largest absolute Gasteiger partial charge is 0.102 e. The van der Waals surface area contributed by atoms with Gasteiger partial charge in [0.25, 0.3) is 0 Å². The van der Waals surface area contributed by atoms with Gasteiger partial charge in [0.15, 0.2) is 0 Å². The number of allylic oxidation sites excluding steroid dienone is 3. The smallest absolute Gasteiger partial charge is 0.0345 e. The molecule has 0 fully saturated rings. The lowest BCUT2D eigenvalue weighted by atomic mass is 10.1. The highest BCUT2D eigenvalue weighted by Crippen LogP contribution is 2.35. The maximum atomic E-state index is 6.04. The first-order valence-corrected chi connectivity index (χ1v) is 4.71. The molecule has 0 radical (unpaired) electrons. The summed E-state index contributed by atoms with van der Waals surface area (Å²) in [6.07, 6.45) is 3.27. The summed E-state index contributed by atoms with van der Waals surface area (Å²) in [5.74, 6) is 0.475. The van der Waals surface area contributed by atoms with E-state index in [1.54, 1.807) is 11.8 Å². The Kier molecular flexibility index (Phi) is 2.87. The second kappa shape index (κ2) is 3.49. The zero-order valence-electron chi connectivity index (χ0n) is 6.23. The summed E-state index contributed by atoms with van der Waals surface area (Å²) in [6.45, 7) is 4.22. The standard InChI is InChI=1S/C8H11ClS/c1-3-7-4-5-10-6(2)8(7)9/h4-5,7H,3H2,1-2H3. The zero-order valence-corrected chi connectivity index (χ0v) is 7.80. The summed E-state index contributed by atoms with van der Waals surface area (Å²) in [6, 6.07) is 0. The van der Waals surface area contributed by atoms with Crippen molar-refractivity contribution in [2.75, 3.05) is 0 Å². The second-order valence-electron chi connectivity index (χ2n) is 2.37. The minimum absolute atomic E-state index is 0.475. The van der Waals surface area contributed by atoms with Gasteiger partial charge in [-0.05, 0) is 18.8 Å². The van der Waals surface area contributed by atoms with Gasteiger partial charge in [0.2, 0.25) is 0 Å². The van der Waals surface area contributed by atoms with Gasteiger partial charge in [-0.15, -0.1) is 11.8 Å². The molecule has 0 spiro atoms. The van der Waals surface area contributed by atoms with Crippen molar-refractivity contribution in [1.29, 1.82) is 0 Å². The van der Waals surface area contributed by atoms with Crippen molar-refractivity contribution in [3.8, 4) is 0 Å². The van der Waals surface area contributed by atoms with E-state index in [0.29, 0.717) is 5.92 Å². The third kappa shape index (κ3) is 1.58. The molecule has 0 saturated heterocycles. The van der Waals surface area contributed by atoms with Crippen LogP contribution in [0.5, 0.6) is 0 Å². The van der Waals surface area contributed by atoms with Crippen molar-refractivity contribution < 1.29 is 0 Å². The fourth-order valence-electron chi connectivity index (χ4n) is 0.953. The van der Waals surface area contributed by atoms with Gasteiger partial charge in [-0.25, -0.2) is 0 Å². The number of thioether (sulfide) groups is 1. The first-order valence-electron chi connectivity index (χ1n) is 3.45. The van der Waals surface area contributed by atoms with Crippen LogP contribution in [-0.2, 0) is 0 Å². The number of halogens is 1. The average molecular weight is 175 g/mol. The summed E-state index contributed by atoms with van der Waals surface area (Å²) < 4.78 is 0. The number of rotatable bonds is 1. The summed E-state index contributed by atoms with van der Waals surface area (Å²) in [5.41, 5.74) is 0. The maximum absolute atomic E-state index is 6.04. The van der Waals surface area contributed by atoms with E-state index in [4.69, 9.17) is 11.6 Å². The summed E-state index contributed by atoms with van der Waals surface area (Å²) >= 11 is 7.75. The van der Waals surface area contributed by atoms with Crippen molar-refractivity contribution >= 4 is 23.4 Å². The van der Waals surface area contributed by atoms with Crippen molar-refractivity contribution in [1.82, 2.24) is 0 Å². The molecule has 56 valence electrons. The molecule has 1 unspecified atom stereocenters. The third-order valence-electron chi connectivity index (χ3n) is 1.66. The third-order valence-corrected chi connectivity index (χ3v) is 3.20. The predicted molar refractivity (Wildman–Crippen MR) is 49.1 cm³/mol. The van der Waals surface area contributed by atoms with Gasteiger partial charge in [0.05, 0.1) is 0 Å². The minimum Gasteiger partial charge on any atom is -0.102 e. The van der Waals surface area contributed by atoms with Crippen molar-refractivity contribution in [2.24, 2.45) is 5.92 Å². The van der Waals surface area contributed by atoms with Crippen LogP contribution in [0.25, 0.3) is 0 Å². The van der Waals surface area contributed by atoms with Crippen molar-refractivity contribution in [3.63, 3.8) is 0 Å². The quantitative estimate of drug-likeness (QED) is 0.584. The molecule has 1 aliphatic heterocycles. The molecule has 0 N–H and O–H groups in total. The lowest BCUT2D eigenvalue weighted by molar-refractivity contribution is 0.756. The Labute approximate surface area is 71.3 Å².